The largest absolute Gasteiger partial charge is 0.573 e. The van der Waals surface area contributed by atoms with Crippen LogP contribution in [0.25, 0.3) is 0 Å². The Hall–Kier alpha value is -1.76. The van der Waals surface area contributed by atoms with Crippen LogP contribution in [-0.4, -0.2) is 35.4 Å². The Balaban J connectivity index is 2.27. The average molecular weight is 303 g/mol. The number of halogens is 3. The Labute approximate surface area is 120 Å². The van der Waals surface area contributed by atoms with Gasteiger partial charge in [0.2, 0.25) is 0 Å². The summed E-state index contributed by atoms with van der Waals surface area (Å²) in [7, 11) is 0. The summed E-state index contributed by atoms with van der Waals surface area (Å²) in [5.41, 5.74) is -0.806. The Kier molecular flexibility index (Phi) is 4.13. The van der Waals surface area contributed by atoms with Crippen molar-refractivity contribution < 1.29 is 27.8 Å². The molecule has 1 aliphatic heterocycles. The van der Waals surface area contributed by atoms with Crippen molar-refractivity contribution in [1.82, 2.24) is 4.90 Å². The van der Waals surface area contributed by atoms with Crippen LogP contribution in [0.5, 0.6) is 5.75 Å². The van der Waals surface area contributed by atoms with Gasteiger partial charge in [0.05, 0.1) is 0 Å². The van der Waals surface area contributed by atoms with Gasteiger partial charge in [0.15, 0.2) is 0 Å². The van der Waals surface area contributed by atoms with E-state index in [1.54, 1.807) is 6.92 Å². The van der Waals surface area contributed by atoms with Crippen LogP contribution in [0.1, 0.15) is 25.3 Å². The fourth-order valence-corrected chi connectivity index (χ4v) is 2.59. The van der Waals surface area contributed by atoms with Gasteiger partial charge in [-0.3, -0.25) is 4.90 Å². The quantitative estimate of drug-likeness (QED) is 0.929. The molecule has 0 amide bonds. The number of rotatable bonds is 4. The van der Waals surface area contributed by atoms with Crippen molar-refractivity contribution in [2.75, 3.05) is 13.1 Å². The van der Waals surface area contributed by atoms with E-state index in [1.807, 2.05) is 4.90 Å². The highest BCUT2D eigenvalue weighted by Crippen LogP contribution is 2.33. The summed E-state index contributed by atoms with van der Waals surface area (Å²) in [6.07, 6.45) is -2.93. The minimum absolute atomic E-state index is 0.361. The van der Waals surface area contributed by atoms with Gasteiger partial charge >= 0.3 is 12.3 Å². The Morgan fingerprint density at radius 3 is 2.14 bits per heavy atom. The van der Waals surface area contributed by atoms with Gasteiger partial charge in [0.25, 0.3) is 0 Å². The maximum Gasteiger partial charge on any atom is 0.573 e. The number of carbonyl (C=O) groups is 1. The number of hydrogen-bond donors (Lipinski definition) is 1. The first-order valence-corrected chi connectivity index (χ1v) is 6.58. The summed E-state index contributed by atoms with van der Waals surface area (Å²) < 4.78 is 40.2. The van der Waals surface area contributed by atoms with Crippen LogP contribution in [0.4, 0.5) is 13.2 Å². The molecule has 1 unspecified atom stereocenters. The van der Waals surface area contributed by atoms with Crippen LogP contribution in [0.3, 0.4) is 0 Å². The summed E-state index contributed by atoms with van der Waals surface area (Å²) in [4.78, 5) is 13.5. The molecular weight excluding hydrogens is 287 g/mol. The first-order valence-electron chi connectivity index (χ1n) is 6.58. The predicted molar refractivity (Wildman–Crippen MR) is 68.9 cm³/mol. The number of carboxylic acids is 1. The highest BCUT2D eigenvalue weighted by molar-refractivity contribution is 5.80. The lowest BCUT2D eigenvalue weighted by atomic mass is 9.90. The van der Waals surface area contributed by atoms with Crippen molar-refractivity contribution in [3.8, 4) is 5.75 Å². The lowest BCUT2D eigenvalue weighted by Gasteiger charge is -2.35. The van der Waals surface area contributed by atoms with E-state index in [-0.39, 0.29) is 5.75 Å². The molecule has 1 aromatic rings. The van der Waals surface area contributed by atoms with E-state index in [4.69, 9.17) is 0 Å². The molecule has 21 heavy (non-hydrogen) atoms. The summed E-state index contributed by atoms with van der Waals surface area (Å²) >= 11 is 0. The number of benzene rings is 1. The number of ether oxygens (including phenoxy) is 1. The molecule has 1 N–H and O–H groups in total. The maximum atomic E-state index is 12.1. The summed E-state index contributed by atoms with van der Waals surface area (Å²) in [5.74, 6) is -1.38. The molecule has 4 nitrogen and oxygen atoms in total. The van der Waals surface area contributed by atoms with Gasteiger partial charge in [-0.25, -0.2) is 4.79 Å². The summed E-state index contributed by atoms with van der Waals surface area (Å²) in [6.45, 7) is 2.88. The standard InChI is InChI=1S/C14H16F3NO3/c1-13(12(19)20,18-8-2-3-9-18)10-4-6-11(7-5-10)21-14(15,16)17/h4-7H,2-3,8-9H2,1H3,(H,19,20). The van der Waals surface area contributed by atoms with Gasteiger partial charge in [0.1, 0.15) is 11.3 Å². The van der Waals surface area contributed by atoms with E-state index >= 15 is 0 Å². The number of hydrogen-bond acceptors (Lipinski definition) is 3. The van der Waals surface area contributed by atoms with Crippen molar-refractivity contribution in [1.29, 1.82) is 0 Å². The van der Waals surface area contributed by atoms with Crippen LogP contribution in [0, 0.1) is 0 Å². The highest BCUT2D eigenvalue weighted by atomic mass is 19.4. The molecule has 1 aromatic carbocycles. The molecule has 0 saturated carbocycles. The Bertz CT molecular complexity index is 509. The molecule has 1 heterocycles. The molecular formula is C14H16F3NO3. The van der Waals surface area contributed by atoms with Gasteiger partial charge in [-0.05, 0) is 50.6 Å². The molecule has 0 aliphatic carbocycles. The van der Waals surface area contributed by atoms with Crippen LogP contribution >= 0.6 is 0 Å². The third-order valence-corrected chi connectivity index (χ3v) is 3.80. The zero-order valence-corrected chi connectivity index (χ0v) is 11.5. The third-order valence-electron chi connectivity index (χ3n) is 3.80. The first kappa shape index (κ1) is 15.6. The topological polar surface area (TPSA) is 49.8 Å². The molecule has 0 radical (unpaired) electrons. The van der Waals surface area contributed by atoms with Crippen molar-refractivity contribution >= 4 is 5.97 Å². The van der Waals surface area contributed by atoms with Crippen LogP contribution in [0.2, 0.25) is 0 Å². The molecule has 0 spiro atoms. The normalized spacial score (nSPS) is 19.2. The Morgan fingerprint density at radius 2 is 1.71 bits per heavy atom. The second kappa shape index (κ2) is 5.55. The van der Waals surface area contributed by atoms with E-state index < -0.39 is 17.9 Å². The van der Waals surface area contributed by atoms with Crippen LogP contribution in [0.15, 0.2) is 24.3 Å². The van der Waals surface area contributed by atoms with Gasteiger partial charge < -0.3 is 9.84 Å². The van der Waals surface area contributed by atoms with E-state index in [2.05, 4.69) is 4.74 Å². The second-order valence-corrected chi connectivity index (χ2v) is 5.14. The third kappa shape index (κ3) is 3.29. The predicted octanol–water partition coefficient (Wildman–Crippen LogP) is 2.98. The number of nitrogens with zero attached hydrogens (tertiary/aromatic N) is 1. The fourth-order valence-electron chi connectivity index (χ4n) is 2.59. The monoisotopic (exact) mass is 303 g/mol. The van der Waals surface area contributed by atoms with Crippen molar-refractivity contribution in [2.24, 2.45) is 0 Å². The smallest absolute Gasteiger partial charge is 0.480 e. The molecule has 2 rings (SSSR count). The minimum Gasteiger partial charge on any atom is -0.480 e. The number of alkyl halides is 3. The zero-order chi connectivity index (χ0) is 15.7. The van der Waals surface area contributed by atoms with E-state index in [0.29, 0.717) is 18.7 Å². The fraction of sp³-hybridized carbons (Fsp3) is 0.500. The SMILES string of the molecule is CC(C(=O)O)(c1ccc(OC(F)(F)F)cc1)N1CCCC1. The zero-order valence-electron chi connectivity index (χ0n) is 11.5. The molecule has 0 aromatic heterocycles. The molecule has 1 aliphatic rings. The minimum atomic E-state index is -4.76. The van der Waals surface area contributed by atoms with E-state index in [0.717, 1.165) is 25.0 Å². The van der Waals surface area contributed by atoms with Crippen LogP contribution in [-0.2, 0) is 10.3 Å². The lowest BCUT2D eigenvalue weighted by Crippen LogP contribution is -2.48. The number of likely N-dealkylation sites (tertiary alicyclic amines) is 1. The second-order valence-electron chi connectivity index (χ2n) is 5.14. The molecule has 1 saturated heterocycles. The van der Waals surface area contributed by atoms with Gasteiger partial charge in [-0.2, -0.15) is 0 Å². The average Bonchev–Trinajstić information content (AvgIpc) is 2.90. The first-order chi connectivity index (χ1) is 9.73. The summed E-state index contributed by atoms with van der Waals surface area (Å²) in [5, 5.41) is 9.55. The van der Waals surface area contributed by atoms with Gasteiger partial charge in [-0.15, -0.1) is 13.2 Å². The van der Waals surface area contributed by atoms with Crippen molar-refractivity contribution in [2.45, 2.75) is 31.7 Å². The van der Waals surface area contributed by atoms with E-state index in [1.165, 1.54) is 12.1 Å². The van der Waals surface area contributed by atoms with Crippen LogP contribution < -0.4 is 4.74 Å². The van der Waals surface area contributed by atoms with Gasteiger partial charge in [-0.1, -0.05) is 12.1 Å². The molecule has 1 fully saturated rings. The lowest BCUT2D eigenvalue weighted by molar-refractivity contribution is -0.274. The molecule has 1 atom stereocenters. The molecule has 7 heteroatoms. The maximum absolute atomic E-state index is 12.1. The summed E-state index contributed by atoms with van der Waals surface area (Å²) in [6, 6.07) is 5.02. The molecule has 0 bridgehead atoms. The van der Waals surface area contributed by atoms with Crippen molar-refractivity contribution in [3.63, 3.8) is 0 Å². The van der Waals surface area contributed by atoms with Crippen molar-refractivity contribution in [3.05, 3.63) is 29.8 Å². The number of aliphatic carboxylic acids is 1. The van der Waals surface area contributed by atoms with Gasteiger partial charge in [0, 0.05) is 0 Å². The highest BCUT2D eigenvalue weighted by Gasteiger charge is 2.42. The van der Waals surface area contributed by atoms with E-state index in [9.17, 15) is 23.1 Å². The Morgan fingerprint density at radius 1 is 1.19 bits per heavy atom. The number of carboxylic acid groups (broad SMARTS) is 1. The molecule has 116 valence electrons.